The highest BCUT2D eigenvalue weighted by Gasteiger charge is 2.20. The second-order valence-corrected chi connectivity index (χ2v) is 6.42. The van der Waals surface area contributed by atoms with Crippen LogP contribution in [0.25, 0.3) is 10.8 Å². The number of carbonyl (C=O) groups excluding carboxylic acids is 1. The van der Waals surface area contributed by atoms with Crippen molar-refractivity contribution in [3.8, 4) is 0 Å². The van der Waals surface area contributed by atoms with Crippen LogP contribution in [0.2, 0.25) is 0 Å². The summed E-state index contributed by atoms with van der Waals surface area (Å²) in [4.78, 5) is 16.6. The van der Waals surface area contributed by atoms with E-state index in [1.807, 2.05) is 19.2 Å². The van der Waals surface area contributed by atoms with Crippen molar-refractivity contribution < 1.29 is 4.79 Å². The number of hydrogen-bond acceptors (Lipinski definition) is 3. The van der Waals surface area contributed by atoms with Gasteiger partial charge in [-0.2, -0.15) is 0 Å². The number of fused-ring (bicyclic) bond motifs is 1. The molecule has 0 spiro atoms. The molecule has 1 amide bonds. The summed E-state index contributed by atoms with van der Waals surface area (Å²) in [7, 11) is 0. The third kappa shape index (κ3) is 3.16. The van der Waals surface area contributed by atoms with Crippen LogP contribution in [0.4, 0.5) is 5.69 Å². The number of carbonyl (C=O) groups is 1. The molecule has 0 atom stereocenters. The predicted octanol–water partition coefficient (Wildman–Crippen LogP) is 4.00. The Bertz CT molecular complexity index is 705. The van der Waals surface area contributed by atoms with E-state index < -0.39 is 0 Å². The van der Waals surface area contributed by atoms with Crippen molar-refractivity contribution in [2.75, 3.05) is 12.3 Å². The van der Waals surface area contributed by atoms with Gasteiger partial charge in [0.2, 0.25) is 0 Å². The van der Waals surface area contributed by atoms with Crippen molar-refractivity contribution >= 4 is 22.4 Å². The first-order valence-electron chi connectivity index (χ1n) is 8.67. The van der Waals surface area contributed by atoms with Crippen LogP contribution in [-0.2, 0) is 0 Å². The Balaban J connectivity index is 2.00. The highest BCUT2D eigenvalue weighted by Crippen LogP contribution is 2.37. The van der Waals surface area contributed by atoms with E-state index in [2.05, 4.69) is 22.4 Å². The number of aromatic nitrogens is 1. The maximum atomic E-state index is 12.2. The first-order valence-corrected chi connectivity index (χ1v) is 8.67. The number of rotatable bonds is 4. The molecular weight excluding hydrogens is 286 g/mol. The van der Waals surface area contributed by atoms with Crippen molar-refractivity contribution in [1.82, 2.24) is 10.3 Å². The lowest BCUT2D eigenvalue weighted by Crippen LogP contribution is -2.26. The van der Waals surface area contributed by atoms with Gasteiger partial charge in [0, 0.05) is 23.5 Å². The van der Waals surface area contributed by atoms with E-state index in [-0.39, 0.29) is 5.91 Å². The summed E-state index contributed by atoms with van der Waals surface area (Å²) in [5.41, 5.74) is 8.44. The largest absolute Gasteiger partial charge is 0.396 e. The minimum Gasteiger partial charge on any atom is -0.396 e. The number of anilines is 1. The van der Waals surface area contributed by atoms with Gasteiger partial charge < -0.3 is 11.1 Å². The van der Waals surface area contributed by atoms with Crippen LogP contribution in [0.15, 0.2) is 24.4 Å². The zero-order chi connectivity index (χ0) is 16.2. The minimum atomic E-state index is -0.186. The molecule has 1 aliphatic rings. The molecule has 1 aromatic carbocycles. The van der Waals surface area contributed by atoms with E-state index in [1.54, 1.807) is 0 Å². The number of pyridine rings is 1. The molecule has 1 aliphatic carbocycles. The van der Waals surface area contributed by atoms with Gasteiger partial charge in [0.15, 0.2) is 5.69 Å². The van der Waals surface area contributed by atoms with Crippen molar-refractivity contribution in [3.63, 3.8) is 0 Å². The van der Waals surface area contributed by atoms with Gasteiger partial charge in [0.05, 0.1) is 5.69 Å². The molecule has 1 fully saturated rings. The minimum absolute atomic E-state index is 0.186. The van der Waals surface area contributed by atoms with Gasteiger partial charge in [-0.15, -0.1) is 0 Å². The quantitative estimate of drug-likeness (QED) is 0.896. The van der Waals surface area contributed by atoms with Gasteiger partial charge >= 0.3 is 0 Å². The van der Waals surface area contributed by atoms with E-state index in [1.165, 1.54) is 37.7 Å². The van der Waals surface area contributed by atoms with Gasteiger partial charge in [0.1, 0.15) is 0 Å². The normalized spacial score (nSPS) is 15.7. The van der Waals surface area contributed by atoms with Gasteiger partial charge in [0.25, 0.3) is 5.91 Å². The van der Waals surface area contributed by atoms with Gasteiger partial charge in [-0.25, -0.2) is 4.98 Å². The number of nitrogens with zero attached hydrogens (tertiary/aromatic N) is 1. The Morgan fingerprint density at radius 2 is 2.04 bits per heavy atom. The Morgan fingerprint density at radius 1 is 1.26 bits per heavy atom. The maximum Gasteiger partial charge on any atom is 0.272 e. The summed E-state index contributed by atoms with van der Waals surface area (Å²) in [5, 5.41) is 4.90. The lowest BCUT2D eigenvalue weighted by atomic mass is 9.82. The maximum absolute atomic E-state index is 12.2. The van der Waals surface area contributed by atoms with Gasteiger partial charge in [-0.05, 0) is 30.7 Å². The molecule has 23 heavy (non-hydrogen) atoms. The molecule has 4 heteroatoms. The standard InChI is InChI=1S/C19H25N3O/c1-2-11-21-19(23)18-17(20)15-10-6-9-14(16(15)12-22-18)13-7-4-3-5-8-13/h6,9-10,12-13H,2-5,7-8,11,20H2,1H3,(H,21,23). The Morgan fingerprint density at radius 3 is 2.78 bits per heavy atom. The van der Waals surface area contributed by atoms with E-state index >= 15 is 0 Å². The van der Waals surface area contributed by atoms with E-state index in [9.17, 15) is 4.79 Å². The molecule has 4 nitrogen and oxygen atoms in total. The van der Waals surface area contributed by atoms with E-state index in [0.717, 1.165) is 17.2 Å². The molecule has 3 N–H and O–H groups in total. The molecule has 0 saturated heterocycles. The first kappa shape index (κ1) is 15.8. The summed E-state index contributed by atoms with van der Waals surface area (Å²) in [6.07, 6.45) is 9.11. The second-order valence-electron chi connectivity index (χ2n) is 6.42. The molecule has 0 radical (unpaired) electrons. The number of amides is 1. The highest BCUT2D eigenvalue weighted by atomic mass is 16.1. The molecule has 122 valence electrons. The molecule has 1 saturated carbocycles. The summed E-state index contributed by atoms with van der Waals surface area (Å²) in [6.45, 7) is 2.66. The van der Waals surface area contributed by atoms with Crippen molar-refractivity contribution in [1.29, 1.82) is 0 Å². The summed E-state index contributed by atoms with van der Waals surface area (Å²) in [5.74, 6) is 0.405. The van der Waals surface area contributed by atoms with Gasteiger partial charge in [-0.3, -0.25) is 4.79 Å². The molecule has 0 bridgehead atoms. The summed E-state index contributed by atoms with van der Waals surface area (Å²) >= 11 is 0. The smallest absolute Gasteiger partial charge is 0.272 e. The lowest BCUT2D eigenvalue weighted by Gasteiger charge is -2.23. The average molecular weight is 311 g/mol. The van der Waals surface area contributed by atoms with Crippen LogP contribution in [0.1, 0.15) is 67.4 Å². The number of nitrogen functional groups attached to an aromatic ring is 1. The third-order valence-corrected chi connectivity index (χ3v) is 4.80. The fraction of sp³-hybridized carbons (Fsp3) is 0.474. The molecule has 3 rings (SSSR count). The zero-order valence-electron chi connectivity index (χ0n) is 13.8. The second kappa shape index (κ2) is 6.99. The van der Waals surface area contributed by atoms with Crippen LogP contribution in [-0.4, -0.2) is 17.4 Å². The molecule has 0 aliphatic heterocycles. The average Bonchev–Trinajstić information content (AvgIpc) is 2.60. The number of nitrogens with two attached hydrogens (primary N) is 1. The first-order chi connectivity index (χ1) is 11.2. The fourth-order valence-corrected chi connectivity index (χ4v) is 3.56. The SMILES string of the molecule is CCCNC(=O)c1ncc2c(C3CCCCC3)cccc2c1N. The summed E-state index contributed by atoms with van der Waals surface area (Å²) in [6, 6.07) is 6.24. The number of benzene rings is 1. The summed E-state index contributed by atoms with van der Waals surface area (Å²) < 4.78 is 0. The Labute approximate surface area is 137 Å². The zero-order valence-corrected chi connectivity index (χ0v) is 13.8. The van der Waals surface area contributed by atoms with Crippen LogP contribution >= 0.6 is 0 Å². The Hall–Kier alpha value is -2.10. The number of nitrogens with one attached hydrogen (secondary N) is 1. The van der Waals surface area contributed by atoms with E-state index in [0.29, 0.717) is 23.8 Å². The molecule has 0 unspecified atom stereocenters. The Kier molecular flexibility index (Phi) is 4.79. The van der Waals surface area contributed by atoms with Crippen LogP contribution < -0.4 is 11.1 Å². The molecule has 1 heterocycles. The van der Waals surface area contributed by atoms with Gasteiger partial charge in [-0.1, -0.05) is 44.4 Å². The van der Waals surface area contributed by atoms with Crippen LogP contribution in [0, 0.1) is 0 Å². The topological polar surface area (TPSA) is 68.0 Å². The number of hydrogen-bond donors (Lipinski definition) is 2. The molecular formula is C19H25N3O. The van der Waals surface area contributed by atoms with Crippen molar-refractivity contribution in [2.45, 2.75) is 51.4 Å². The lowest BCUT2D eigenvalue weighted by molar-refractivity contribution is 0.0950. The monoisotopic (exact) mass is 311 g/mol. The van der Waals surface area contributed by atoms with Crippen molar-refractivity contribution in [3.05, 3.63) is 35.7 Å². The third-order valence-electron chi connectivity index (χ3n) is 4.80. The fourth-order valence-electron chi connectivity index (χ4n) is 3.56. The van der Waals surface area contributed by atoms with Crippen molar-refractivity contribution in [2.24, 2.45) is 0 Å². The molecule has 2 aromatic rings. The highest BCUT2D eigenvalue weighted by molar-refractivity contribution is 6.06. The predicted molar refractivity (Wildman–Crippen MR) is 94.6 cm³/mol. The van der Waals surface area contributed by atoms with Crippen LogP contribution in [0.3, 0.4) is 0 Å². The molecule has 1 aromatic heterocycles. The van der Waals surface area contributed by atoms with Crippen LogP contribution in [0.5, 0.6) is 0 Å². The van der Waals surface area contributed by atoms with E-state index in [4.69, 9.17) is 5.73 Å².